The summed E-state index contributed by atoms with van der Waals surface area (Å²) in [6, 6.07) is 8.83. The molecule has 112 valence electrons. The largest absolute Gasteiger partial charge is 0.296 e. The van der Waals surface area contributed by atoms with E-state index in [9.17, 15) is 8.42 Å². The van der Waals surface area contributed by atoms with Crippen LogP contribution in [0, 0.1) is 12.8 Å². The van der Waals surface area contributed by atoms with Crippen molar-refractivity contribution in [1.82, 2.24) is 4.90 Å². The zero-order valence-corrected chi connectivity index (χ0v) is 13.1. The maximum atomic E-state index is 11.2. The first kappa shape index (κ1) is 15.5. The molecule has 4 nitrogen and oxygen atoms in total. The maximum absolute atomic E-state index is 11.2. The summed E-state index contributed by atoms with van der Waals surface area (Å²) in [7, 11) is -3.37. The average molecular weight is 296 g/mol. The molecule has 0 radical (unpaired) electrons. The van der Waals surface area contributed by atoms with Gasteiger partial charge in [-0.25, -0.2) is 13.6 Å². The summed E-state index contributed by atoms with van der Waals surface area (Å²) in [5.41, 5.74) is 2.55. The molecular weight excluding hydrogens is 272 g/mol. The lowest BCUT2D eigenvalue weighted by molar-refractivity contribution is 0.140. The quantitative estimate of drug-likeness (QED) is 0.925. The minimum Gasteiger partial charge on any atom is -0.296 e. The van der Waals surface area contributed by atoms with Crippen molar-refractivity contribution in [3.63, 3.8) is 0 Å². The fourth-order valence-corrected chi connectivity index (χ4v) is 3.98. The molecule has 0 amide bonds. The Morgan fingerprint density at radius 1 is 1.45 bits per heavy atom. The zero-order chi connectivity index (χ0) is 14.8. The van der Waals surface area contributed by atoms with Gasteiger partial charge in [0.1, 0.15) is 0 Å². The first-order chi connectivity index (χ1) is 9.35. The van der Waals surface area contributed by atoms with Crippen LogP contribution >= 0.6 is 0 Å². The van der Waals surface area contributed by atoms with Crippen LogP contribution in [-0.4, -0.2) is 32.2 Å². The van der Waals surface area contributed by atoms with Crippen LogP contribution in [0.4, 0.5) is 0 Å². The van der Waals surface area contributed by atoms with Crippen molar-refractivity contribution < 1.29 is 8.42 Å². The fraction of sp³-hybridized carbons (Fsp3) is 0.600. The highest BCUT2D eigenvalue weighted by atomic mass is 32.2. The molecule has 1 saturated heterocycles. The average Bonchev–Trinajstić information content (AvgIpc) is 2.36. The first-order valence-electron chi connectivity index (χ1n) is 7.16. The number of rotatable bonds is 4. The van der Waals surface area contributed by atoms with Gasteiger partial charge in [0.15, 0.2) is 0 Å². The van der Waals surface area contributed by atoms with Crippen LogP contribution in [0.2, 0.25) is 0 Å². The third kappa shape index (κ3) is 4.30. The van der Waals surface area contributed by atoms with Crippen molar-refractivity contribution in [2.24, 2.45) is 11.1 Å². The number of hydrogen-bond donors (Lipinski definition) is 1. The van der Waals surface area contributed by atoms with Gasteiger partial charge >= 0.3 is 0 Å². The number of nitrogens with zero attached hydrogens (tertiary/aromatic N) is 1. The third-order valence-corrected chi connectivity index (χ3v) is 5.03. The minimum atomic E-state index is -3.37. The summed E-state index contributed by atoms with van der Waals surface area (Å²) in [4.78, 5) is 2.37. The second-order valence-corrected chi connectivity index (χ2v) is 7.58. The highest BCUT2D eigenvalue weighted by Gasteiger charge is 2.26. The van der Waals surface area contributed by atoms with E-state index in [0.29, 0.717) is 6.04 Å². The minimum absolute atomic E-state index is 0.101. The molecule has 0 saturated carbocycles. The molecule has 1 heterocycles. The summed E-state index contributed by atoms with van der Waals surface area (Å²) in [5, 5.41) is 5.17. The van der Waals surface area contributed by atoms with Crippen molar-refractivity contribution in [1.29, 1.82) is 0 Å². The molecule has 0 aromatic heterocycles. The van der Waals surface area contributed by atoms with Crippen LogP contribution in [0.3, 0.4) is 0 Å². The van der Waals surface area contributed by atoms with E-state index in [1.54, 1.807) is 0 Å². The molecule has 1 aromatic rings. The number of piperidine rings is 1. The van der Waals surface area contributed by atoms with Gasteiger partial charge in [0, 0.05) is 12.6 Å². The number of primary sulfonamides is 1. The number of nitrogens with two attached hydrogens (primary N) is 1. The Labute approximate surface area is 122 Å². The van der Waals surface area contributed by atoms with Crippen LogP contribution in [0.25, 0.3) is 0 Å². The lowest BCUT2D eigenvalue weighted by Gasteiger charge is -2.36. The van der Waals surface area contributed by atoms with E-state index in [1.165, 1.54) is 11.1 Å². The van der Waals surface area contributed by atoms with Gasteiger partial charge in [-0.1, -0.05) is 29.8 Å². The number of aryl methyl sites for hydroxylation is 1. The lowest BCUT2D eigenvalue weighted by atomic mass is 9.96. The lowest BCUT2D eigenvalue weighted by Crippen LogP contribution is -2.40. The van der Waals surface area contributed by atoms with E-state index in [2.05, 4.69) is 43.0 Å². The molecule has 1 aliphatic rings. The van der Waals surface area contributed by atoms with Gasteiger partial charge in [0.25, 0.3) is 0 Å². The van der Waals surface area contributed by atoms with Crippen molar-refractivity contribution in [2.75, 3.05) is 18.8 Å². The van der Waals surface area contributed by atoms with Gasteiger partial charge in [-0.05, 0) is 44.7 Å². The summed E-state index contributed by atoms with van der Waals surface area (Å²) in [6.45, 7) is 6.12. The van der Waals surface area contributed by atoms with Crippen LogP contribution in [-0.2, 0) is 10.0 Å². The summed E-state index contributed by atoms with van der Waals surface area (Å²) >= 11 is 0. The molecule has 2 atom stereocenters. The molecule has 1 aromatic carbocycles. The predicted octanol–water partition coefficient (Wildman–Crippen LogP) is 2.06. The van der Waals surface area contributed by atoms with Crippen LogP contribution < -0.4 is 5.14 Å². The van der Waals surface area contributed by atoms with E-state index in [4.69, 9.17) is 5.14 Å². The zero-order valence-electron chi connectivity index (χ0n) is 12.2. The first-order valence-corrected chi connectivity index (χ1v) is 8.88. The van der Waals surface area contributed by atoms with Crippen molar-refractivity contribution in [3.05, 3.63) is 35.4 Å². The van der Waals surface area contributed by atoms with Crippen LogP contribution in [0.15, 0.2) is 24.3 Å². The Morgan fingerprint density at radius 2 is 2.20 bits per heavy atom. The van der Waals surface area contributed by atoms with Gasteiger partial charge in [0.05, 0.1) is 5.75 Å². The summed E-state index contributed by atoms with van der Waals surface area (Å²) in [5.74, 6) is 0.260. The molecule has 2 N–H and O–H groups in total. The van der Waals surface area contributed by atoms with E-state index < -0.39 is 10.0 Å². The van der Waals surface area contributed by atoms with Crippen molar-refractivity contribution in [2.45, 2.75) is 32.7 Å². The monoisotopic (exact) mass is 296 g/mol. The molecule has 20 heavy (non-hydrogen) atoms. The number of hydrogen-bond acceptors (Lipinski definition) is 3. The fourth-order valence-electron chi connectivity index (χ4n) is 3.05. The van der Waals surface area contributed by atoms with Crippen LogP contribution in [0.5, 0.6) is 0 Å². The maximum Gasteiger partial charge on any atom is 0.209 e. The number of benzene rings is 1. The van der Waals surface area contributed by atoms with E-state index >= 15 is 0 Å². The Morgan fingerprint density at radius 3 is 2.85 bits per heavy atom. The molecule has 0 unspecified atom stereocenters. The second-order valence-electron chi connectivity index (χ2n) is 5.92. The molecule has 5 heteroatoms. The Hall–Kier alpha value is -0.910. The SMILES string of the molecule is Cc1cccc([C@@H](C)N2CCC[C@@H](CS(N)(=O)=O)C2)c1. The molecule has 2 rings (SSSR count). The Bertz CT molecular complexity index is 557. The van der Waals surface area contributed by atoms with Gasteiger partial charge < -0.3 is 0 Å². The summed E-state index contributed by atoms with van der Waals surface area (Å²) in [6.07, 6.45) is 1.99. The van der Waals surface area contributed by atoms with Gasteiger partial charge in [-0.2, -0.15) is 0 Å². The van der Waals surface area contributed by atoms with E-state index in [0.717, 1.165) is 25.9 Å². The number of likely N-dealkylation sites (tertiary alicyclic amines) is 1. The molecule has 0 spiro atoms. The van der Waals surface area contributed by atoms with Gasteiger partial charge in [-0.15, -0.1) is 0 Å². The van der Waals surface area contributed by atoms with E-state index in [1.807, 2.05) is 0 Å². The second kappa shape index (κ2) is 6.24. The highest BCUT2D eigenvalue weighted by Crippen LogP contribution is 2.27. The smallest absolute Gasteiger partial charge is 0.209 e. The van der Waals surface area contributed by atoms with E-state index in [-0.39, 0.29) is 11.7 Å². The molecule has 0 aliphatic carbocycles. The Kier molecular flexibility index (Phi) is 4.83. The molecular formula is C15H24N2O2S. The standard InChI is InChI=1S/C15H24N2O2S/c1-12-5-3-7-15(9-12)13(2)17-8-4-6-14(10-17)11-20(16,18)19/h3,5,7,9,13-14H,4,6,8,10-11H2,1-2H3,(H2,16,18,19)/t13-,14-/m1/s1. The normalized spacial score (nSPS) is 22.6. The highest BCUT2D eigenvalue weighted by molar-refractivity contribution is 7.89. The topological polar surface area (TPSA) is 63.4 Å². The van der Waals surface area contributed by atoms with Crippen molar-refractivity contribution >= 4 is 10.0 Å². The molecule has 1 aliphatic heterocycles. The number of sulfonamides is 1. The predicted molar refractivity (Wildman–Crippen MR) is 81.9 cm³/mol. The molecule has 0 bridgehead atoms. The van der Waals surface area contributed by atoms with Gasteiger partial charge in [-0.3, -0.25) is 4.90 Å². The molecule has 1 fully saturated rings. The van der Waals surface area contributed by atoms with Crippen molar-refractivity contribution in [3.8, 4) is 0 Å². The van der Waals surface area contributed by atoms with Crippen LogP contribution in [0.1, 0.15) is 36.9 Å². The Balaban J connectivity index is 2.05. The summed E-state index contributed by atoms with van der Waals surface area (Å²) < 4.78 is 22.5. The van der Waals surface area contributed by atoms with Gasteiger partial charge in [0.2, 0.25) is 10.0 Å². The third-order valence-electron chi connectivity index (χ3n) is 4.09.